The number of aromatic hydroxyl groups is 2. The number of ether oxygens (including phenoxy) is 2. The lowest BCUT2D eigenvalue weighted by Crippen LogP contribution is -2.08. The topological polar surface area (TPSA) is 97.3 Å². The second-order valence-corrected chi connectivity index (χ2v) is 5.63. The average Bonchev–Trinajstić information content (AvgIpc) is 2.97. The monoisotopic (exact) mass is 314 g/mol. The lowest BCUT2D eigenvalue weighted by Gasteiger charge is -2.14. The molecule has 3 rings (SSSR count). The van der Waals surface area contributed by atoms with Crippen LogP contribution in [0.25, 0.3) is 0 Å². The predicted molar refractivity (Wildman–Crippen MR) is 86.3 cm³/mol. The van der Waals surface area contributed by atoms with Gasteiger partial charge in [-0.3, -0.25) is 0 Å². The second-order valence-electron chi connectivity index (χ2n) is 5.63. The van der Waals surface area contributed by atoms with Crippen molar-refractivity contribution in [2.75, 3.05) is 6.79 Å². The number of hydrazone groups is 1. The molecule has 0 saturated heterocycles. The van der Waals surface area contributed by atoms with Crippen LogP contribution in [0.5, 0.6) is 23.0 Å². The largest absolute Gasteiger partial charge is 0.508 e. The number of phenolic OH excluding ortho intramolecular Hbond substituents is 2. The van der Waals surface area contributed by atoms with Gasteiger partial charge in [0.1, 0.15) is 17.2 Å². The zero-order chi connectivity index (χ0) is 16.6. The van der Waals surface area contributed by atoms with Gasteiger partial charge in [-0.25, -0.2) is 0 Å². The van der Waals surface area contributed by atoms with Crippen LogP contribution in [0, 0.1) is 0 Å². The van der Waals surface area contributed by atoms with E-state index in [1.807, 2.05) is 13.8 Å². The van der Waals surface area contributed by atoms with Crippen LogP contribution in [0.2, 0.25) is 0 Å². The molecule has 4 N–H and O–H groups in total. The van der Waals surface area contributed by atoms with Crippen LogP contribution in [0.3, 0.4) is 0 Å². The van der Waals surface area contributed by atoms with E-state index in [-0.39, 0.29) is 24.2 Å². The van der Waals surface area contributed by atoms with Crippen LogP contribution in [-0.2, 0) is 0 Å². The van der Waals surface area contributed by atoms with Crippen molar-refractivity contribution in [3.05, 3.63) is 47.0 Å². The highest BCUT2D eigenvalue weighted by Crippen LogP contribution is 2.36. The number of benzene rings is 2. The number of nitrogens with two attached hydrogens (primary N) is 1. The molecule has 0 aromatic heterocycles. The summed E-state index contributed by atoms with van der Waals surface area (Å²) in [6.07, 6.45) is 0. The molecule has 120 valence electrons. The molecule has 1 aliphatic rings. The summed E-state index contributed by atoms with van der Waals surface area (Å²) >= 11 is 0. The summed E-state index contributed by atoms with van der Waals surface area (Å²) < 4.78 is 10.6. The summed E-state index contributed by atoms with van der Waals surface area (Å²) in [7, 11) is 0. The van der Waals surface area contributed by atoms with Crippen molar-refractivity contribution in [1.29, 1.82) is 0 Å². The van der Waals surface area contributed by atoms with E-state index in [0.717, 1.165) is 0 Å². The number of nitrogens with zero attached hydrogens (tertiary/aromatic N) is 1. The van der Waals surface area contributed by atoms with E-state index in [0.29, 0.717) is 33.9 Å². The molecule has 1 aliphatic heterocycles. The fraction of sp³-hybridized carbons (Fsp3) is 0.235. The molecule has 0 bridgehead atoms. The van der Waals surface area contributed by atoms with Gasteiger partial charge in [0.2, 0.25) is 6.79 Å². The van der Waals surface area contributed by atoms with Crippen molar-refractivity contribution in [2.45, 2.75) is 19.8 Å². The molecule has 6 nitrogen and oxygen atoms in total. The van der Waals surface area contributed by atoms with E-state index < -0.39 is 0 Å². The molecule has 2 aromatic carbocycles. The molecule has 0 saturated carbocycles. The Morgan fingerprint density at radius 1 is 1.09 bits per heavy atom. The maximum Gasteiger partial charge on any atom is 0.231 e. The van der Waals surface area contributed by atoms with Gasteiger partial charge in [0, 0.05) is 17.2 Å². The minimum atomic E-state index is -0.0891. The van der Waals surface area contributed by atoms with Gasteiger partial charge in [-0.1, -0.05) is 13.8 Å². The van der Waals surface area contributed by atoms with Crippen LogP contribution in [-0.4, -0.2) is 22.7 Å². The Bertz CT molecular complexity index is 784. The first-order valence-corrected chi connectivity index (χ1v) is 7.25. The molecule has 6 heteroatoms. The molecule has 0 unspecified atom stereocenters. The van der Waals surface area contributed by atoms with Gasteiger partial charge in [-0.05, 0) is 35.7 Å². The molecule has 0 aliphatic carbocycles. The van der Waals surface area contributed by atoms with E-state index in [1.165, 1.54) is 6.07 Å². The second kappa shape index (κ2) is 5.72. The minimum absolute atomic E-state index is 0.0447. The third-order valence-corrected chi connectivity index (χ3v) is 3.80. The van der Waals surface area contributed by atoms with Crippen molar-refractivity contribution >= 4 is 5.71 Å². The maximum absolute atomic E-state index is 10.2. The van der Waals surface area contributed by atoms with Crippen molar-refractivity contribution in [1.82, 2.24) is 0 Å². The van der Waals surface area contributed by atoms with E-state index in [2.05, 4.69) is 5.10 Å². The summed E-state index contributed by atoms with van der Waals surface area (Å²) in [5.74, 6) is 6.86. The van der Waals surface area contributed by atoms with E-state index in [4.69, 9.17) is 15.3 Å². The van der Waals surface area contributed by atoms with E-state index in [1.54, 1.807) is 24.3 Å². The van der Waals surface area contributed by atoms with Crippen LogP contribution >= 0.6 is 0 Å². The van der Waals surface area contributed by atoms with Crippen molar-refractivity contribution in [3.63, 3.8) is 0 Å². The molecule has 23 heavy (non-hydrogen) atoms. The summed E-state index contributed by atoms with van der Waals surface area (Å²) in [4.78, 5) is 0. The first-order valence-electron chi connectivity index (χ1n) is 7.25. The smallest absolute Gasteiger partial charge is 0.231 e. The molecular formula is C17H18N2O4. The van der Waals surface area contributed by atoms with Gasteiger partial charge in [0.25, 0.3) is 0 Å². The molecule has 0 amide bonds. The number of hydrogen-bond acceptors (Lipinski definition) is 6. The molecule has 2 aromatic rings. The lowest BCUT2D eigenvalue weighted by atomic mass is 9.94. The van der Waals surface area contributed by atoms with E-state index >= 15 is 0 Å². The number of hydrogen-bond donors (Lipinski definition) is 3. The van der Waals surface area contributed by atoms with Crippen LogP contribution < -0.4 is 15.3 Å². The standard InChI is InChI=1S/C17H18N2O4/c1-9(2)11-6-12(14(21)7-13(11)20)17(19-18)10-3-4-15-16(5-10)23-8-22-15/h3-7,9,20-21H,8,18H2,1-2H3/b19-17+. The Labute approximate surface area is 133 Å². The average molecular weight is 314 g/mol. The maximum atomic E-state index is 10.2. The van der Waals surface area contributed by atoms with Crippen molar-refractivity contribution in [3.8, 4) is 23.0 Å². The number of phenols is 2. The highest BCUT2D eigenvalue weighted by atomic mass is 16.7. The van der Waals surface area contributed by atoms with Crippen molar-refractivity contribution < 1.29 is 19.7 Å². The van der Waals surface area contributed by atoms with Gasteiger partial charge < -0.3 is 25.5 Å². The molecule has 1 heterocycles. The first kappa shape index (κ1) is 15.0. The third kappa shape index (κ3) is 2.63. The quantitative estimate of drug-likeness (QED) is 0.460. The van der Waals surface area contributed by atoms with Crippen LogP contribution in [0.15, 0.2) is 35.4 Å². The summed E-state index contributed by atoms with van der Waals surface area (Å²) in [6, 6.07) is 8.33. The summed E-state index contributed by atoms with van der Waals surface area (Å²) in [6.45, 7) is 4.08. The Hall–Kier alpha value is -2.89. The van der Waals surface area contributed by atoms with Gasteiger partial charge >= 0.3 is 0 Å². The number of fused-ring (bicyclic) bond motifs is 1. The highest BCUT2D eigenvalue weighted by Gasteiger charge is 2.20. The van der Waals surface area contributed by atoms with Gasteiger partial charge in [-0.15, -0.1) is 0 Å². The molecule has 0 spiro atoms. The van der Waals surface area contributed by atoms with Crippen LogP contribution in [0.4, 0.5) is 0 Å². The van der Waals surface area contributed by atoms with Gasteiger partial charge in [-0.2, -0.15) is 5.10 Å². The lowest BCUT2D eigenvalue weighted by molar-refractivity contribution is 0.174. The predicted octanol–water partition coefficient (Wildman–Crippen LogP) is 2.66. The summed E-state index contributed by atoms with van der Waals surface area (Å²) in [5, 5.41) is 24.0. The fourth-order valence-corrected chi connectivity index (χ4v) is 2.59. The zero-order valence-electron chi connectivity index (χ0n) is 12.9. The van der Waals surface area contributed by atoms with E-state index in [9.17, 15) is 10.2 Å². The summed E-state index contributed by atoms with van der Waals surface area (Å²) in [5.41, 5.74) is 2.25. The van der Waals surface area contributed by atoms with Gasteiger partial charge in [0.15, 0.2) is 11.5 Å². The Morgan fingerprint density at radius 2 is 1.83 bits per heavy atom. The fourth-order valence-electron chi connectivity index (χ4n) is 2.59. The highest BCUT2D eigenvalue weighted by molar-refractivity contribution is 6.14. The molecule has 0 radical (unpaired) electrons. The molecule has 0 fully saturated rings. The van der Waals surface area contributed by atoms with Gasteiger partial charge in [0.05, 0.1) is 0 Å². The normalized spacial score (nSPS) is 13.6. The molecule has 0 atom stereocenters. The Balaban J connectivity index is 2.10. The van der Waals surface area contributed by atoms with Crippen molar-refractivity contribution in [2.24, 2.45) is 10.9 Å². The Kier molecular flexibility index (Phi) is 3.73. The van der Waals surface area contributed by atoms with Crippen LogP contribution in [0.1, 0.15) is 36.5 Å². The Morgan fingerprint density at radius 3 is 2.52 bits per heavy atom. The SMILES string of the molecule is CC(C)c1cc(/C(=N/N)c2ccc3c(c2)OCO3)c(O)cc1O. The minimum Gasteiger partial charge on any atom is -0.508 e. The first-order chi connectivity index (χ1) is 11.0. The zero-order valence-corrected chi connectivity index (χ0v) is 12.9. The number of rotatable bonds is 3. The molecular weight excluding hydrogens is 296 g/mol. The third-order valence-electron chi connectivity index (χ3n) is 3.80.